The second-order valence-electron chi connectivity index (χ2n) is 8.49. The van der Waals surface area contributed by atoms with Crippen LogP contribution in [0.25, 0.3) is 0 Å². The van der Waals surface area contributed by atoms with Crippen LogP contribution in [-0.4, -0.2) is 31.9 Å². The van der Waals surface area contributed by atoms with Gasteiger partial charge in [0, 0.05) is 23.0 Å². The van der Waals surface area contributed by atoms with E-state index in [1.165, 1.54) is 14.2 Å². The number of carbonyl (C=O) groups excluding carboxylic acids is 3. The van der Waals surface area contributed by atoms with E-state index in [0.29, 0.717) is 17.0 Å². The Bertz CT molecular complexity index is 1430. The third-order valence-corrected chi connectivity index (χ3v) is 6.64. The van der Waals surface area contributed by atoms with Crippen LogP contribution >= 0.6 is 11.6 Å². The number of hydrogen-bond acceptors (Lipinski definition) is 6. The lowest BCUT2D eigenvalue weighted by Crippen LogP contribution is -2.32. The normalized spacial score (nSPS) is 13.1. The molecular weight excluding hydrogens is 506 g/mol. The summed E-state index contributed by atoms with van der Waals surface area (Å²) in [6, 6.07) is 17.3. The summed E-state index contributed by atoms with van der Waals surface area (Å²) in [7, 11) is 2.93. The molecule has 2 N–H and O–H groups in total. The van der Waals surface area contributed by atoms with Crippen LogP contribution in [0.3, 0.4) is 0 Å². The van der Waals surface area contributed by atoms with E-state index in [0.717, 1.165) is 34.6 Å². The van der Waals surface area contributed by atoms with Crippen LogP contribution in [0.1, 0.15) is 35.3 Å². The zero-order chi connectivity index (χ0) is 27.4. The molecule has 4 rings (SSSR count). The molecule has 0 saturated carbocycles. The zero-order valence-corrected chi connectivity index (χ0v) is 22.3. The van der Waals surface area contributed by atoms with Crippen molar-refractivity contribution in [3.63, 3.8) is 0 Å². The number of amides is 3. The average molecular weight is 534 g/mol. The van der Waals surface area contributed by atoms with E-state index in [2.05, 4.69) is 10.6 Å². The number of ether oxygens (including phenoxy) is 2. The van der Waals surface area contributed by atoms with Gasteiger partial charge in [-0.2, -0.15) is 0 Å². The highest BCUT2D eigenvalue weighted by Gasteiger charge is 2.40. The SMILES string of the molecule is CCc1cccc(CC)c1NC(=O)c1cccc(NC2=C(Cl)C(=O)N(c3ccc(OC)cc3OC)C2=O)c1. The van der Waals surface area contributed by atoms with Gasteiger partial charge in [-0.3, -0.25) is 14.4 Å². The number of benzene rings is 3. The van der Waals surface area contributed by atoms with E-state index < -0.39 is 11.8 Å². The Morgan fingerprint density at radius 2 is 1.58 bits per heavy atom. The van der Waals surface area contributed by atoms with Crippen LogP contribution in [0.5, 0.6) is 11.5 Å². The zero-order valence-electron chi connectivity index (χ0n) is 21.6. The minimum Gasteiger partial charge on any atom is -0.497 e. The van der Waals surface area contributed by atoms with Gasteiger partial charge in [0.15, 0.2) is 0 Å². The van der Waals surface area contributed by atoms with E-state index in [-0.39, 0.29) is 28.1 Å². The Hall–Kier alpha value is -4.30. The number of nitrogens with zero attached hydrogens (tertiary/aromatic N) is 1. The number of methoxy groups -OCH3 is 2. The Balaban J connectivity index is 1.58. The molecule has 196 valence electrons. The van der Waals surface area contributed by atoms with Crippen molar-refractivity contribution in [1.29, 1.82) is 0 Å². The topological polar surface area (TPSA) is 97.0 Å². The Labute approximate surface area is 226 Å². The molecule has 1 aliphatic heterocycles. The minimum absolute atomic E-state index is 0.100. The van der Waals surface area contributed by atoms with Crippen LogP contribution < -0.4 is 25.0 Å². The lowest BCUT2D eigenvalue weighted by atomic mass is 10.0. The number of para-hydroxylation sites is 1. The molecule has 3 aromatic rings. The van der Waals surface area contributed by atoms with Crippen LogP contribution in [0, 0.1) is 0 Å². The number of rotatable bonds is 9. The summed E-state index contributed by atoms with van der Waals surface area (Å²) in [5.74, 6) is -0.857. The first kappa shape index (κ1) is 26.8. The molecule has 0 radical (unpaired) electrons. The third kappa shape index (κ3) is 5.08. The number of anilines is 3. The van der Waals surface area contributed by atoms with Crippen LogP contribution in [0.15, 0.2) is 71.4 Å². The van der Waals surface area contributed by atoms with Crippen LogP contribution in [-0.2, 0) is 22.4 Å². The summed E-state index contributed by atoms with van der Waals surface area (Å²) in [5, 5.41) is 5.69. The van der Waals surface area contributed by atoms with Crippen molar-refractivity contribution in [3.8, 4) is 11.5 Å². The molecule has 0 fully saturated rings. The average Bonchev–Trinajstić information content (AvgIpc) is 3.15. The molecule has 1 heterocycles. The van der Waals surface area contributed by atoms with Crippen molar-refractivity contribution in [2.45, 2.75) is 26.7 Å². The summed E-state index contributed by atoms with van der Waals surface area (Å²) in [6.45, 7) is 4.08. The first-order valence-corrected chi connectivity index (χ1v) is 12.5. The van der Waals surface area contributed by atoms with Gasteiger partial charge < -0.3 is 20.1 Å². The fraction of sp³-hybridized carbons (Fsp3) is 0.207. The van der Waals surface area contributed by atoms with Gasteiger partial charge in [0.1, 0.15) is 22.2 Å². The fourth-order valence-electron chi connectivity index (χ4n) is 4.27. The van der Waals surface area contributed by atoms with Gasteiger partial charge in [0.05, 0.1) is 19.9 Å². The second-order valence-corrected chi connectivity index (χ2v) is 8.87. The molecule has 0 aromatic heterocycles. The molecule has 1 aliphatic rings. The summed E-state index contributed by atoms with van der Waals surface area (Å²) < 4.78 is 10.5. The maximum Gasteiger partial charge on any atom is 0.283 e. The maximum atomic E-state index is 13.3. The highest BCUT2D eigenvalue weighted by atomic mass is 35.5. The quantitative estimate of drug-likeness (QED) is 0.352. The van der Waals surface area contributed by atoms with Gasteiger partial charge in [0.25, 0.3) is 17.7 Å². The Morgan fingerprint density at radius 1 is 0.895 bits per heavy atom. The van der Waals surface area contributed by atoms with Crippen molar-refractivity contribution in [3.05, 3.63) is 88.1 Å². The van der Waals surface area contributed by atoms with E-state index in [9.17, 15) is 14.4 Å². The first-order valence-electron chi connectivity index (χ1n) is 12.1. The summed E-state index contributed by atoms with van der Waals surface area (Å²) in [6.07, 6.45) is 1.56. The molecule has 8 nitrogen and oxygen atoms in total. The lowest BCUT2D eigenvalue weighted by Gasteiger charge is -2.19. The fourth-order valence-corrected chi connectivity index (χ4v) is 4.48. The van der Waals surface area contributed by atoms with Crippen LogP contribution in [0.4, 0.5) is 17.1 Å². The maximum absolute atomic E-state index is 13.3. The van der Waals surface area contributed by atoms with Crippen LogP contribution in [0.2, 0.25) is 0 Å². The van der Waals surface area contributed by atoms with Gasteiger partial charge in [-0.05, 0) is 54.3 Å². The Kier molecular flexibility index (Phi) is 8.02. The number of imide groups is 1. The van der Waals surface area contributed by atoms with E-state index in [1.807, 2.05) is 32.0 Å². The third-order valence-electron chi connectivity index (χ3n) is 6.29. The Morgan fingerprint density at radius 3 is 2.21 bits per heavy atom. The molecule has 0 spiro atoms. The van der Waals surface area contributed by atoms with Crippen molar-refractivity contribution in [2.24, 2.45) is 0 Å². The van der Waals surface area contributed by atoms with Gasteiger partial charge in [-0.1, -0.05) is 49.7 Å². The van der Waals surface area contributed by atoms with Gasteiger partial charge in [-0.15, -0.1) is 0 Å². The molecule has 9 heteroatoms. The molecule has 0 unspecified atom stereocenters. The highest BCUT2D eigenvalue weighted by Crippen LogP contribution is 2.37. The summed E-state index contributed by atoms with van der Waals surface area (Å²) in [5.41, 5.74) is 3.85. The molecule has 0 aliphatic carbocycles. The van der Waals surface area contributed by atoms with Crippen molar-refractivity contribution >= 4 is 46.4 Å². The lowest BCUT2D eigenvalue weighted by molar-refractivity contribution is -0.120. The second kappa shape index (κ2) is 11.4. The number of hydrogen-bond donors (Lipinski definition) is 2. The van der Waals surface area contributed by atoms with Gasteiger partial charge in [-0.25, -0.2) is 4.90 Å². The number of carbonyl (C=O) groups is 3. The van der Waals surface area contributed by atoms with E-state index in [1.54, 1.807) is 42.5 Å². The molecular formula is C29H28ClN3O5. The predicted octanol–water partition coefficient (Wildman–Crippen LogP) is 5.52. The highest BCUT2D eigenvalue weighted by molar-refractivity contribution is 6.53. The minimum atomic E-state index is -0.695. The molecule has 38 heavy (non-hydrogen) atoms. The standard InChI is InChI=1S/C29H28ClN3O5/c1-5-17-9-7-10-18(6-2)25(17)32-27(34)19-11-8-12-20(15-19)31-26-24(30)28(35)33(29(26)36)22-14-13-21(37-3)16-23(22)38-4/h7-16,31H,5-6H2,1-4H3,(H,32,34). The predicted molar refractivity (Wildman–Crippen MR) is 148 cm³/mol. The van der Waals surface area contributed by atoms with Gasteiger partial charge >= 0.3 is 0 Å². The molecule has 0 bridgehead atoms. The van der Waals surface area contributed by atoms with Crippen molar-refractivity contribution in [1.82, 2.24) is 0 Å². The van der Waals surface area contributed by atoms with E-state index >= 15 is 0 Å². The largest absolute Gasteiger partial charge is 0.497 e. The monoisotopic (exact) mass is 533 g/mol. The first-order chi connectivity index (χ1) is 18.3. The van der Waals surface area contributed by atoms with E-state index in [4.69, 9.17) is 21.1 Å². The van der Waals surface area contributed by atoms with Crippen molar-refractivity contribution in [2.75, 3.05) is 29.8 Å². The van der Waals surface area contributed by atoms with Crippen molar-refractivity contribution < 1.29 is 23.9 Å². The van der Waals surface area contributed by atoms with Gasteiger partial charge in [0.2, 0.25) is 0 Å². The summed E-state index contributed by atoms with van der Waals surface area (Å²) in [4.78, 5) is 40.3. The number of aryl methyl sites for hydroxylation is 2. The molecule has 0 saturated heterocycles. The number of nitrogens with one attached hydrogen (secondary N) is 2. The molecule has 3 aromatic carbocycles. The summed E-state index contributed by atoms with van der Waals surface area (Å²) >= 11 is 6.31. The molecule has 0 atom stereocenters. The smallest absolute Gasteiger partial charge is 0.283 e. The molecule has 3 amide bonds. The number of halogens is 1.